The van der Waals surface area contributed by atoms with Crippen molar-refractivity contribution in [2.24, 2.45) is 7.05 Å². The van der Waals surface area contributed by atoms with Crippen LogP contribution in [0.4, 0.5) is 0 Å². The maximum atomic E-state index is 12.3. The van der Waals surface area contributed by atoms with E-state index >= 15 is 0 Å². The number of hydrogen-bond acceptors (Lipinski definition) is 6. The van der Waals surface area contributed by atoms with Gasteiger partial charge in [0.1, 0.15) is 5.82 Å². The van der Waals surface area contributed by atoms with Crippen molar-refractivity contribution in [3.8, 4) is 0 Å². The second-order valence-corrected chi connectivity index (χ2v) is 9.98. The third-order valence-corrected chi connectivity index (χ3v) is 7.73. The quantitative estimate of drug-likeness (QED) is 0.552. The summed E-state index contributed by atoms with van der Waals surface area (Å²) in [7, 11) is -1.43. The lowest BCUT2D eigenvalue weighted by atomic mass is 10.3. The average molecular weight is 414 g/mol. The maximum Gasteiger partial charge on any atom is 0.190 e. The van der Waals surface area contributed by atoms with E-state index in [1.807, 2.05) is 23.1 Å². The molecule has 2 heterocycles. The molecule has 132 valence electrons. The highest BCUT2D eigenvalue weighted by Crippen LogP contribution is 2.21. The summed E-state index contributed by atoms with van der Waals surface area (Å²) in [6, 6.07) is 10.3. The maximum absolute atomic E-state index is 12.3. The van der Waals surface area contributed by atoms with Gasteiger partial charge in [-0.3, -0.25) is 0 Å². The van der Waals surface area contributed by atoms with Crippen LogP contribution in [0.2, 0.25) is 5.02 Å². The molecule has 0 saturated heterocycles. The molecule has 0 radical (unpaired) electrons. The summed E-state index contributed by atoms with van der Waals surface area (Å²) in [5, 5.41) is 11.6. The number of sulfone groups is 1. The Morgan fingerprint density at radius 1 is 1.20 bits per heavy atom. The van der Waals surface area contributed by atoms with Crippen LogP contribution in [0.25, 0.3) is 0 Å². The summed E-state index contributed by atoms with van der Waals surface area (Å²) in [6.45, 7) is 0. The Balaban J connectivity index is 1.60. The Kier molecular flexibility index (Phi) is 5.83. The van der Waals surface area contributed by atoms with Gasteiger partial charge in [0, 0.05) is 29.1 Å². The van der Waals surface area contributed by atoms with E-state index in [4.69, 9.17) is 11.6 Å². The Morgan fingerprint density at radius 3 is 2.64 bits per heavy atom. The van der Waals surface area contributed by atoms with Gasteiger partial charge in [0.2, 0.25) is 0 Å². The molecule has 3 rings (SSSR count). The summed E-state index contributed by atoms with van der Waals surface area (Å²) >= 11 is 8.87. The van der Waals surface area contributed by atoms with Gasteiger partial charge in [-0.1, -0.05) is 29.4 Å². The largest absolute Gasteiger partial charge is 0.309 e. The standard InChI is InChI=1S/C16H16ClN3O2S3/c1-20-15(11-13-3-2-8-23-13)18-19-16(20)24-9-10-25(21,22)14-6-4-12(17)5-7-14/h2-8H,9-11H2,1H3. The first-order valence-corrected chi connectivity index (χ1v) is 11.4. The van der Waals surface area contributed by atoms with E-state index in [0.29, 0.717) is 10.8 Å². The molecule has 0 N–H and O–H groups in total. The van der Waals surface area contributed by atoms with Gasteiger partial charge in [-0.25, -0.2) is 8.42 Å². The highest BCUT2D eigenvalue weighted by molar-refractivity contribution is 8.00. The SMILES string of the molecule is Cn1c(Cc2cccs2)nnc1SCCS(=O)(=O)c1ccc(Cl)cc1. The number of hydrogen-bond donors (Lipinski definition) is 0. The lowest BCUT2D eigenvalue weighted by Crippen LogP contribution is -2.09. The predicted molar refractivity (Wildman–Crippen MR) is 102 cm³/mol. The van der Waals surface area contributed by atoms with Crippen LogP contribution in [0, 0.1) is 0 Å². The van der Waals surface area contributed by atoms with Gasteiger partial charge in [0.25, 0.3) is 0 Å². The fraction of sp³-hybridized carbons (Fsp3) is 0.250. The normalized spacial score (nSPS) is 11.8. The van der Waals surface area contributed by atoms with Crippen LogP contribution >= 0.6 is 34.7 Å². The molecular weight excluding hydrogens is 398 g/mol. The van der Waals surface area contributed by atoms with Crippen molar-refractivity contribution in [2.75, 3.05) is 11.5 Å². The van der Waals surface area contributed by atoms with Crippen LogP contribution in [-0.2, 0) is 23.3 Å². The number of aromatic nitrogens is 3. The van der Waals surface area contributed by atoms with E-state index < -0.39 is 9.84 Å². The van der Waals surface area contributed by atoms with E-state index in [-0.39, 0.29) is 10.6 Å². The molecule has 2 aromatic heterocycles. The molecule has 0 spiro atoms. The van der Waals surface area contributed by atoms with Crippen molar-refractivity contribution in [2.45, 2.75) is 16.5 Å². The molecule has 0 aliphatic rings. The third-order valence-electron chi connectivity index (χ3n) is 3.59. The van der Waals surface area contributed by atoms with Crippen molar-refractivity contribution in [1.29, 1.82) is 0 Å². The van der Waals surface area contributed by atoms with Gasteiger partial charge in [0.15, 0.2) is 15.0 Å². The Morgan fingerprint density at radius 2 is 1.96 bits per heavy atom. The molecule has 9 heteroatoms. The molecule has 0 aliphatic heterocycles. The zero-order valence-corrected chi connectivity index (χ0v) is 16.6. The van der Waals surface area contributed by atoms with E-state index in [2.05, 4.69) is 16.3 Å². The van der Waals surface area contributed by atoms with Crippen molar-refractivity contribution < 1.29 is 8.42 Å². The minimum absolute atomic E-state index is 0.0341. The number of benzene rings is 1. The number of halogens is 1. The zero-order valence-electron chi connectivity index (χ0n) is 13.4. The fourth-order valence-corrected chi connectivity index (χ4v) is 5.60. The highest BCUT2D eigenvalue weighted by atomic mass is 35.5. The molecular formula is C16H16ClN3O2S3. The first kappa shape index (κ1) is 18.4. The molecule has 1 aromatic carbocycles. The van der Waals surface area contributed by atoms with Crippen LogP contribution in [0.5, 0.6) is 0 Å². The molecule has 0 atom stereocenters. The predicted octanol–water partition coefficient (Wildman–Crippen LogP) is 3.69. The summed E-state index contributed by atoms with van der Waals surface area (Å²) < 4.78 is 26.6. The second-order valence-electron chi connectivity index (χ2n) is 5.34. The molecule has 0 saturated carbocycles. The van der Waals surface area contributed by atoms with Crippen molar-refractivity contribution in [3.63, 3.8) is 0 Å². The average Bonchev–Trinajstić information content (AvgIpc) is 3.20. The monoisotopic (exact) mass is 413 g/mol. The Labute approximate surface area is 160 Å². The number of rotatable bonds is 7. The third kappa shape index (κ3) is 4.63. The summed E-state index contributed by atoms with van der Waals surface area (Å²) in [5.41, 5.74) is 0. The molecule has 0 aliphatic carbocycles. The van der Waals surface area contributed by atoms with Crippen molar-refractivity contribution in [3.05, 3.63) is 57.5 Å². The van der Waals surface area contributed by atoms with Crippen LogP contribution in [-0.4, -0.2) is 34.7 Å². The minimum Gasteiger partial charge on any atom is -0.309 e. The first-order valence-electron chi connectivity index (χ1n) is 7.47. The van der Waals surface area contributed by atoms with Gasteiger partial charge < -0.3 is 4.57 Å². The summed E-state index contributed by atoms with van der Waals surface area (Å²) in [4.78, 5) is 1.51. The summed E-state index contributed by atoms with van der Waals surface area (Å²) in [6.07, 6.45) is 0.727. The Bertz CT molecular complexity index is 936. The molecule has 0 amide bonds. The van der Waals surface area contributed by atoms with E-state index in [0.717, 1.165) is 17.4 Å². The number of thiophene rings is 1. The lowest BCUT2D eigenvalue weighted by molar-refractivity contribution is 0.597. The summed E-state index contributed by atoms with van der Waals surface area (Å²) in [5.74, 6) is 1.31. The topological polar surface area (TPSA) is 64.8 Å². The molecule has 5 nitrogen and oxygen atoms in total. The smallest absolute Gasteiger partial charge is 0.190 e. The molecule has 3 aromatic rings. The van der Waals surface area contributed by atoms with Crippen LogP contribution in [0.15, 0.2) is 51.8 Å². The number of thioether (sulfide) groups is 1. The van der Waals surface area contributed by atoms with Crippen LogP contribution in [0.3, 0.4) is 0 Å². The zero-order chi connectivity index (χ0) is 17.9. The van der Waals surface area contributed by atoms with E-state index in [9.17, 15) is 8.42 Å². The highest BCUT2D eigenvalue weighted by Gasteiger charge is 2.16. The van der Waals surface area contributed by atoms with Gasteiger partial charge in [-0.05, 0) is 35.7 Å². The van der Waals surface area contributed by atoms with Crippen molar-refractivity contribution >= 4 is 44.5 Å². The molecule has 0 bridgehead atoms. The van der Waals surface area contributed by atoms with Crippen LogP contribution < -0.4 is 0 Å². The van der Waals surface area contributed by atoms with Gasteiger partial charge in [-0.2, -0.15) is 0 Å². The van der Waals surface area contributed by atoms with E-state index in [1.54, 1.807) is 23.5 Å². The fourth-order valence-electron chi connectivity index (χ4n) is 2.20. The van der Waals surface area contributed by atoms with Gasteiger partial charge in [0.05, 0.1) is 10.6 Å². The molecule has 25 heavy (non-hydrogen) atoms. The molecule has 0 unspecified atom stereocenters. The minimum atomic E-state index is -3.33. The van der Waals surface area contributed by atoms with E-state index in [1.165, 1.54) is 28.8 Å². The second kappa shape index (κ2) is 7.90. The Hall–Kier alpha value is -1.35. The first-order chi connectivity index (χ1) is 12.0. The van der Waals surface area contributed by atoms with Crippen LogP contribution in [0.1, 0.15) is 10.7 Å². The molecule has 0 fully saturated rings. The van der Waals surface area contributed by atoms with Gasteiger partial charge >= 0.3 is 0 Å². The lowest BCUT2D eigenvalue weighted by Gasteiger charge is -2.05. The van der Waals surface area contributed by atoms with Crippen molar-refractivity contribution in [1.82, 2.24) is 14.8 Å². The number of nitrogens with zero attached hydrogens (tertiary/aromatic N) is 3. The van der Waals surface area contributed by atoms with Gasteiger partial charge in [-0.15, -0.1) is 21.5 Å².